The zero-order chi connectivity index (χ0) is 14.0. The van der Waals surface area contributed by atoms with Gasteiger partial charge >= 0.3 is 0 Å². The Morgan fingerprint density at radius 1 is 1.32 bits per heavy atom. The van der Waals surface area contributed by atoms with Gasteiger partial charge < -0.3 is 5.32 Å². The molecule has 0 radical (unpaired) electrons. The third-order valence-corrected chi connectivity index (χ3v) is 3.14. The topological polar surface area (TPSA) is 42.7 Å². The summed E-state index contributed by atoms with van der Waals surface area (Å²) in [7, 11) is 0. The normalized spacial score (nSPS) is 11.6. The molecule has 0 spiro atoms. The molecule has 0 saturated heterocycles. The number of aromatic nitrogens is 3. The summed E-state index contributed by atoms with van der Waals surface area (Å²) in [6.45, 7) is 8.93. The van der Waals surface area contributed by atoms with Gasteiger partial charge in [-0.2, -0.15) is 0 Å². The second-order valence-corrected chi connectivity index (χ2v) is 6.07. The third-order valence-electron chi connectivity index (χ3n) is 2.81. The molecular formula is C14H19ClN4. The van der Waals surface area contributed by atoms with Gasteiger partial charge in [-0.15, -0.1) is 5.10 Å². The minimum atomic E-state index is -0.0494. The molecule has 1 aromatic carbocycles. The van der Waals surface area contributed by atoms with Crippen LogP contribution in [-0.4, -0.2) is 15.0 Å². The monoisotopic (exact) mass is 278 g/mol. The van der Waals surface area contributed by atoms with Gasteiger partial charge in [0.2, 0.25) is 0 Å². The third kappa shape index (κ3) is 3.47. The molecule has 102 valence electrons. The van der Waals surface area contributed by atoms with Crippen LogP contribution in [0.25, 0.3) is 0 Å². The number of halogens is 1. The van der Waals surface area contributed by atoms with Crippen LogP contribution in [0, 0.1) is 6.92 Å². The van der Waals surface area contributed by atoms with Crippen molar-refractivity contribution >= 4 is 17.3 Å². The highest BCUT2D eigenvalue weighted by atomic mass is 35.5. The smallest absolute Gasteiger partial charge is 0.102 e. The van der Waals surface area contributed by atoms with Crippen LogP contribution in [0.2, 0.25) is 5.02 Å². The lowest BCUT2D eigenvalue weighted by molar-refractivity contribution is 0.347. The van der Waals surface area contributed by atoms with E-state index in [4.69, 9.17) is 11.6 Å². The van der Waals surface area contributed by atoms with Gasteiger partial charge in [-0.25, -0.2) is 4.68 Å². The molecule has 0 saturated carbocycles. The first kappa shape index (κ1) is 13.9. The molecule has 0 atom stereocenters. The number of hydrogen-bond donors (Lipinski definition) is 1. The summed E-state index contributed by atoms with van der Waals surface area (Å²) in [6.07, 6.45) is 1.96. The van der Waals surface area contributed by atoms with E-state index in [1.807, 2.05) is 36.0 Å². The number of aryl methyl sites for hydroxylation is 1. The van der Waals surface area contributed by atoms with E-state index in [9.17, 15) is 0 Å². The Labute approximate surface area is 118 Å². The maximum absolute atomic E-state index is 6.14. The van der Waals surface area contributed by atoms with Crippen LogP contribution in [0.15, 0.2) is 24.4 Å². The number of anilines is 1. The molecule has 0 aliphatic carbocycles. The molecule has 0 bridgehead atoms. The van der Waals surface area contributed by atoms with Gasteiger partial charge in [0.1, 0.15) is 5.69 Å². The summed E-state index contributed by atoms with van der Waals surface area (Å²) in [5.74, 6) is 0. The van der Waals surface area contributed by atoms with Crippen molar-refractivity contribution in [1.82, 2.24) is 15.0 Å². The van der Waals surface area contributed by atoms with E-state index in [0.29, 0.717) is 11.6 Å². The lowest BCUT2D eigenvalue weighted by Crippen LogP contribution is -2.22. The summed E-state index contributed by atoms with van der Waals surface area (Å²) >= 11 is 6.14. The molecule has 19 heavy (non-hydrogen) atoms. The van der Waals surface area contributed by atoms with E-state index in [2.05, 4.69) is 36.4 Å². The maximum atomic E-state index is 6.14. The van der Waals surface area contributed by atoms with Crippen molar-refractivity contribution in [2.45, 2.75) is 39.8 Å². The maximum Gasteiger partial charge on any atom is 0.102 e. The Kier molecular flexibility index (Phi) is 3.80. The molecular weight excluding hydrogens is 260 g/mol. The number of hydrogen-bond acceptors (Lipinski definition) is 3. The van der Waals surface area contributed by atoms with Crippen LogP contribution >= 0.6 is 11.6 Å². The van der Waals surface area contributed by atoms with Crippen LogP contribution in [0.5, 0.6) is 0 Å². The van der Waals surface area contributed by atoms with Crippen molar-refractivity contribution in [2.24, 2.45) is 0 Å². The number of nitrogens with zero attached hydrogens (tertiary/aromatic N) is 3. The fraction of sp³-hybridized carbons (Fsp3) is 0.429. The quantitative estimate of drug-likeness (QED) is 0.933. The highest BCUT2D eigenvalue weighted by molar-refractivity contribution is 6.33. The van der Waals surface area contributed by atoms with E-state index in [1.54, 1.807) is 0 Å². The van der Waals surface area contributed by atoms with Gasteiger partial charge in [-0.1, -0.05) is 22.9 Å². The summed E-state index contributed by atoms with van der Waals surface area (Å²) in [4.78, 5) is 0. The highest BCUT2D eigenvalue weighted by Crippen LogP contribution is 2.23. The van der Waals surface area contributed by atoms with Crippen molar-refractivity contribution in [1.29, 1.82) is 0 Å². The van der Waals surface area contributed by atoms with Gasteiger partial charge in [0.15, 0.2) is 0 Å². The number of benzene rings is 1. The van der Waals surface area contributed by atoms with Gasteiger partial charge in [0, 0.05) is 0 Å². The second kappa shape index (κ2) is 5.21. The lowest BCUT2D eigenvalue weighted by Gasteiger charge is -2.17. The van der Waals surface area contributed by atoms with Gasteiger partial charge in [-0.05, 0) is 45.4 Å². The van der Waals surface area contributed by atoms with Crippen molar-refractivity contribution in [3.8, 4) is 0 Å². The van der Waals surface area contributed by atoms with E-state index >= 15 is 0 Å². The molecule has 2 aromatic rings. The molecule has 1 N–H and O–H groups in total. The minimum Gasteiger partial charge on any atom is -0.378 e. The molecule has 0 aliphatic rings. The van der Waals surface area contributed by atoms with Crippen molar-refractivity contribution in [2.75, 3.05) is 5.32 Å². The Balaban J connectivity index is 2.06. The standard InChI is InChI=1S/C14H19ClN4/c1-10-5-6-12(15)13(7-10)16-8-11-9-19(18-17-11)14(2,3)4/h5-7,9,16H,8H2,1-4H3. The zero-order valence-corrected chi connectivity index (χ0v) is 12.5. The Bertz CT molecular complexity index is 569. The SMILES string of the molecule is Cc1ccc(Cl)c(NCc2cn(C(C)(C)C)nn2)c1. The van der Waals surface area contributed by atoms with Gasteiger partial charge in [0.25, 0.3) is 0 Å². The van der Waals surface area contributed by atoms with Crippen LogP contribution in [0.3, 0.4) is 0 Å². The van der Waals surface area contributed by atoms with Crippen molar-refractivity contribution < 1.29 is 0 Å². The molecule has 0 fully saturated rings. The summed E-state index contributed by atoms with van der Waals surface area (Å²) in [5.41, 5.74) is 2.94. The molecule has 0 amide bonds. The molecule has 2 rings (SSSR count). The lowest BCUT2D eigenvalue weighted by atomic mass is 10.1. The average molecular weight is 279 g/mol. The molecule has 4 nitrogen and oxygen atoms in total. The van der Waals surface area contributed by atoms with Crippen molar-refractivity contribution in [3.05, 3.63) is 40.7 Å². The van der Waals surface area contributed by atoms with Crippen LogP contribution in [-0.2, 0) is 12.1 Å². The van der Waals surface area contributed by atoms with E-state index in [1.165, 1.54) is 5.56 Å². The predicted octanol–water partition coefficient (Wildman–Crippen LogP) is 3.61. The van der Waals surface area contributed by atoms with Crippen molar-refractivity contribution in [3.63, 3.8) is 0 Å². The summed E-state index contributed by atoms with van der Waals surface area (Å²) in [5, 5.41) is 12.3. The first-order valence-corrected chi connectivity index (χ1v) is 6.66. The molecule has 1 aromatic heterocycles. The van der Waals surface area contributed by atoms with E-state index in [0.717, 1.165) is 11.4 Å². The van der Waals surface area contributed by atoms with Crippen LogP contribution < -0.4 is 5.32 Å². The Hall–Kier alpha value is -1.55. The molecule has 1 heterocycles. The van der Waals surface area contributed by atoms with Gasteiger partial charge in [-0.3, -0.25) is 0 Å². The van der Waals surface area contributed by atoms with Crippen LogP contribution in [0.4, 0.5) is 5.69 Å². The number of nitrogens with one attached hydrogen (secondary N) is 1. The fourth-order valence-electron chi connectivity index (χ4n) is 1.67. The first-order chi connectivity index (χ1) is 8.86. The average Bonchev–Trinajstić information content (AvgIpc) is 2.79. The van der Waals surface area contributed by atoms with E-state index in [-0.39, 0.29) is 5.54 Å². The zero-order valence-electron chi connectivity index (χ0n) is 11.7. The van der Waals surface area contributed by atoms with E-state index < -0.39 is 0 Å². The molecule has 0 aliphatic heterocycles. The molecule has 0 unspecified atom stereocenters. The highest BCUT2D eigenvalue weighted by Gasteiger charge is 2.14. The predicted molar refractivity (Wildman–Crippen MR) is 78.5 cm³/mol. The largest absolute Gasteiger partial charge is 0.378 e. The van der Waals surface area contributed by atoms with Gasteiger partial charge in [0.05, 0.1) is 29.0 Å². The number of rotatable bonds is 3. The Morgan fingerprint density at radius 3 is 2.68 bits per heavy atom. The summed E-state index contributed by atoms with van der Waals surface area (Å²) in [6, 6.07) is 5.91. The Morgan fingerprint density at radius 2 is 2.05 bits per heavy atom. The molecule has 5 heteroatoms. The van der Waals surface area contributed by atoms with Crippen LogP contribution in [0.1, 0.15) is 32.0 Å². The summed E-state index contributed by atoms with van der Waals surface area (Å²) < 4.78 is 1.86. The first-order valence-electron chi connectivity index (χ1n) is 6.28. The fourth-order valence-corrected chi connectivity index (χ4v) is 1.85. The second-order valence-electron chi connectivity index (χ2n) is 5.66. The minimum absolute atomic E-state index is 0.0494.